The highest BCUT2D eigenvalue weighted by Gasteiger charge is 2.30. The molecule has 1 aliphatic rings. The quantitative estimate of drug-likeness (QED) is 0.751. The number of carbonyl (C=O) groups is 1. The van der Waals surface area contributed by atoms with E-state index in [2.05, 4.69) is 48.7 Å². The largest absolute Gasteiger partial charge is 0.352 e. The number of amides is 1. The molecule has 0 bridgehead atoms. The molecular formula is C22H28N2O. The van der Waals surface area contributed by atoms with E-state index >= 15 is 0 Å². The Morgan fingerprint density at radius 2 is 1.52 bits per heavy atom. The van der Waals surface area contributed by atoms with Gasteiger partial charge in [0.05, 0.1) is 0 Å². The SMILES string of the molecule is CC(C)C[C@H](N[C@H](C(=O)NC1CC1)c1ccccc1)c1ccccc1. The van der Waals surface area contributed by atoms with Crippen molar-refractivity contribution >= 4 is 5.91 Å². The average Bonchev–Trinajstić information content (AvgIpc) is 3.43. The van der Waals surface area contributed by atoms with Gasteiger partial charge in [0.25, 0.3) is 0 Å². The van der Waals surface area contributed by atoms with Crippen LogP contribution >= 0.6 is 0 Å². The predicted molar refractivity (Wildman–Crippen MR) is 102 cm³/mol. The Morgan fingerprint density at radius 1 is 0.960 bits per heavy atom. The van der Waals surface area contributed by atoms with Crippen molar-refractivity contribution in [1.29, 1.82) is 0 Å². The summed E-state index contributed by atoms with van der Waals surface area (Å²) >= 11 is 0. The van der Waals surface area contributed by atoms with Gasteiger partial charge in [0.1, 0.15) is 6.04 Å². The van der Waals surface area contributed by atoms with E-state index in [0.717, 1.165) is 24.8 Å². The molecule has 3 heteroatoms. The van der Waals surface area contributed by atoms with E-state index < -0.39 is 0 Å². The topological polar surface area (TPSA) is 41.1 Å². The zero-order valence-electron chi connectivity index (χ0n) is 15.1. The minimum Gasteiger partial charge on any atom is -0.352 e. The van der Waals surface area contributed by atoms with Gasteiger partial charge < -0.3 is 5.32 Å². The van der Waals surface area contributed by atoms with E-state index in [-0.39, 0.29) is 18.0 Å². The lowest BCUT2D eigenvalue weighted by molar-refractivity contribution is -0.123. The summed E-state index contributed by atoms with van der Waals surface area (Å²) in [6.07, 6.45) is 3.19. The van der Waals surface area contributed by atoms with Crippen LogP contribution in [-0.2, 0) is 4.79 Å². The molecule has 2 atom stereocenters. The number of hydrogen-bond acceptors (Lipinski definition) is 2. The first-order valence-corrected chi connectivity index (χ1v) is 9.30. The van der Waals surface area contributed by atoms with Gasteiger partial charge in [-0.05, 0) is 36.3 Å². The van der Waals surface area contributed by atoms with Gasteiger partial charge in [-0.3, -0.25) is 10.1 Å². The molecule has 0 saturated heterocycles. The third-order valence-electron chi connectivity index (χ3n) is 4.60. The third-order valence-corrected chi connectivity index (χ3v) is 4.60. The van der Waals surface area contributed by atoms with Gasteiger partial charge in [-0.1, -0.05) is 74.5 Å². The fourth-order valence-electron chi connectivity index (χ4n) is 3.14. The average molecular weight is 336 g/mol. The second-order valence-corrected chi connectivity index (χ2v) is 7.39. The van der Waals surface area contributed by atoms with Crippen LogP contribution in [0.4, 0.5) is 0 Å². The number of nitrogens with one attached hydrogen (secondary N) is 2. The zero-order valence-corrected chi connectivity index (χ0v) is 15.1. The molecule has 3 nitrogen and oxygen atoms in total. The van der Waals surface area contributed by atoms with Crippen molar-refractivity contribution in [3.8, 4) is 0 Å². The maximum atomic E-state index is 12.9. The first-order chi connectivity index (χ1) is 12.1. The summed E-state index contributed by atoms with van der Waals surface area (Å²) in [6, 6.07) is 20.7. The van der Waals surface area contributed by atoms with Crippen molar-refractivity contribution < 1.29 is 4.79 Å². The first-order valence-electron chi connectivity index (χ1n) is 9.30. The Balaban J connectivity index is 1.84. The Bertz CT molecular complexity index is 665. The zero-order chi connectivity index (χ0) is 17.6. The lowest BCUT2D eigenvalue weighted by Crippen LogP contribution is -2.40. The molecule has 25 heavy (non-hydrogen) atoms. The summed E-state index contributed by atoms with van der Waals surface area (Å²) in [7, 11) is 0. The number of hydrogen-bond donors (Lipinski definition) is 2. The van der Waals surface area contributed by atoms with Crippen LogP contribution in [0.25, 0.3) is 0 Å². The summed E-state index contributed by atoms with van der Waals surface area (Å²) in [5, 5.41) is 6.80. The monoisotopic (exact) mass is 336 g/mol. The minimum atomic E-state index is -0.328. The van der Waals surface area contributed by atoms with Gasteiger partial charge in [0, 0.05) is 12.1 Å². The van der Waals surface area contributed by atoms with E-state index in [1.807, 2.05) is 36.4 Å². The molecule has 1 aliphatic carbocycles. The second-order valence-electron chi connectivity index (χ2n) is 7.39. The molecule has 1 amide bonds. The van der Waals surface area contributed by atoms with Crippen LogP contribution in [0.3, 0.4) is 0 Å². The van der Waals surface area contributed by atoms with E-state index in [4.69, 9.17) is 0 Å². The molecule has 1 fully saturated rings. The van der Waals surface area contributed by atoms with Crippen LogP contribution in [0.5, 0.6) is 0 Å². The highest BCUT2D eigenvalue weighted by Crippen LogP contribution is 2.27. The molecule has 1 saturated carbocycles. The van der Waals surface area contributed by atoms with Crippen LogP contribution in [-0.4, -0.2) is 11.9 Å². The minimum absolute atomic E-state index is 0.0818. The number of rotatable bonds is 8. The normalized spacial score (nSPS) is 16.4. The molecule has 0 unspecified atom stereocenters. The maximum Gasteiger partial charge on any atom is 0.241 e. The van der Waals surface area contributed by atoms with Gasteiger partial charge in [-0.25, -0.2) is 0 Å². The van der Waals surface area contributed by atoms with Crippen molar-refractivity contribution in [2.75, 3.05) is 0 Å². The first kappa shape index (κ1) is 17.7. The maximum absolute atomic E-state index is 12.9. The summed E-state index contributed by atoms with van der Waals surface area (Å²) in [5.41, 5.74) is 2.25. The number of carbonyl (C=O) groups excluding carboxylic acids is 1. The van der Waals surface area contributed by atoms with Crippen LogP contribution < -0.4 is 10.6 Å². The van der Waals surface area contributed by atoms with Crippen LogP contribution in [0.15, 0.2) is 60.7 Å². The summed E-state index contributed by atoms with van der Waals surface area (Å²) in [4.78, 5) is 12.9. The van der Waals surface area contributed by atoms with E-state index in [1.165, 1.54) is 5.56 Å². The fourth-order valence-corrected chi connectivity index (χ4v) is 3.14. The van der Waals surface area contributed by atoms with Crippen LogP contribution in [0, 0.1) is 5.92 Å². The van der Waals surface area contributed by atoms with Gasteiger partial charge in [-0.2, -0.15) is 0 Å². The van der Waals surface area contributed by atoms with Gasteiger partial charge >= 0.3 is 0 Å². The molecule has 0 radical (unpaired) electrons. The smallest absolute Gasteiger partial charge is 0.241 e. The number of benzene rings is 2. The van der Waals surface area contributed by atoms with Crippen molar-refractivity contribution in [1.82, 2.24) is 10.6 Å². The molecule has 2 aromatic carbocycles. The molecular weight excluding hydrogens is 308 g/mol. The fraction of sp³-hybridized carbons (Fsp3) is 0.409. The van der Waals surface area contributed by atoms with Crippen molar-refractivity contribution in [3.05, 3.63) is 71.8 Å². The van der Waals surface area contributed by atoms with E-state index in [1.54, 1.807) is 0 Å². The molecule has 0 aromatic heterocycles. The molecule has 2 aromatic rings. The van der Waals surface area contributed by atoms with Crippen molar-refractivity contribution in [2.24, 2.45) is 5.92 Å². The van der Waals surface area contributed by atoms with Crippen molar-refractivity contribution in [3.63, 3.8) is 0 Å². The molecule has 0 aliphatic heterocycles. The summed E-state index contributed by atoms with van der Waals surface area (Å²) < 4.78 is 0. The Hall–Kier alpha value is -2.13. The van der Waals surface area contributed by atoms with Crippen LogP contribution in [0.1, 0.15) is 56.3 Å². The van der Waals surface area contributed by atoms with Gasteiger partial charge in [0.2, 0.25) is 5.91 Å². The Kier molecular flexibility index (Phi) is 5.87. The van der Waals surface area contributed by atoms with Gasteiger partial charge in [-0.15, -0.1) is 0 Å². The predicted octanol–water partition coefficient (Wildman–Crippen LogP) is 4.38. The highest BCUT2D eigenvalue weighted by molar-refractivity contribution is 5.83. The summed E-state index contributed by atoms with van der Waals surface area (Å²) in [5.74, 6) is 0.624. The van der Waals surface area contributed by atoms with Crippen molar-refractivity contribution in [2.45, 2.75) is 51.2 Å². The van der Waals surface area contributed by atoms with E-state index in [9.17, 15) is 4.79 Å². The lowest BCUT2D eigenvalue weighted by atomic mass is 9.95. The summed E-state index contributed by atoms with van der Waals surface area (Å²) in [6.45, 7) is 4.44. The standard InChI is InChI=1S/C22H28N2O/c1-16(2)15-20(17-9-5-3-6-10-17)24-21(18-11-7-4-8-12-18)22(25)23-19-13-14-19/h3-12,16,19-21,24H,13-15H2,1-2H3,(H,23,25)/t20-,21-/m0/s1. The molecule has 0 heterocycles. The lowest BCUT2D eigenvalue weighted by Gasteiger charge is -2.27. The molecule has 3 rings (SSSR count). The Labute approximate surface area is 150 Å². The molecule has 132 valence electrons. The van der Waals surface area contributed by atoms with Crippen LogP contribution in [0.2, 0.25) is 0 Å². The molecule has 2 N–H and O–H groups in total. The third kappa shape index (κ3) is 5.17. The highest BCUT2D eigenvalue weighted by atomic mass is 16.2. The second kappa shape index (κ2) is 8.30. The van der Waals surface area contributed by atoms with E-state index in [0.29, 0.717) is 12.0 Å². The molecule has 0 spiro atoms. The van der Waals surface area contributed by atoms with Gasteiger partial charge in [0.15, 0.2) is 0 Å². The Morgan fingerprint density at radius 3 is 2.04 bits per heavy atom.